The van der Waals surface area contributed by atoms with Crippen molar-refractivity contribution in [1.82, 2.24) is 30.1 Å². The molecule has 0 bridgehead atoms. The van der Waals surface area contributed by atoms with Crippen LogP contribution < -0.4 is 5.32 Å². The highest BCUT2D eigenvalue weighted by molar-refractivity contribution is 5.94. The Morgan fingerprint density at radius 3 is 2.50 bits per heavy atom. The summed E-state index contributed by atoms with van der Waals surface area (Å²) in [6.07, 6.45) is 1.84. The van der Waals surface area contributed by atoms with Gasteiger partial charge in [-0.15, -0.1) is 10.2 Å². The van der Waals surface area contributed by atoms with Gasteiger partial charge >= 0.3 is 0 Å². The smallest absolute Gasteiger partial charge is 0.261 e. The highest BCUT2D eigenvalue weighted by atomic mass is 16.5. The molecular weight excluding hydrogens is 380 g/mol. The van der Waals surface area contributed by atoms with E-state index in [1.807, 2.05) is 60.8 Å². The van der Waals surface area contributed by atoms with Gasteiger partial charge < -0.3 is 9.84 Å². The lowest BCUT2D eigenvalue weighted by Crippen LogP contribution is -2.24. The molecule has 0 fully saturated rings. The van der Waals surface area contributed by atoms with E-state index in [1.165, 1.54) is 5.56 Å². The van der Waals surface area contributed by atoms with Crippen molar-refractivity contribution >= 4 is 11.6 Å². The van der Waals surface area contributed by atoms with Gasteiger partial charge in [-0.2, -0.15) is 4.98 Å². The van der Waals surface area contributed by atoms with E-state index in [4.69, 9.17) is 4.52 Å². The summed E-state index contributed by atoms with van der Waals surface area (Å²) in [5.74, 6) is 2.09. The molecule has 0 unspecified atom stereocenters. The molecule has 1 amide bonds. The zero-order valence-corrected chi connectivity index (χ0v) is 17.5. The summed E-state index contributed by atoms with van der Waals surface area (Å²) < 4.78 is 7.22. The molecule has 1 N–H and O–H groups in total. The molecule has 0 radical (unpaired) electrons. The first-order chi connectivity index (χ1) is 14.4. The number of hydrogen-bond donors (Lipinski definition) is 1. The van der Waals surface area contributed by atoms with Crippen LogP contribution in [0.15, 0.2) is 47.1 Å². The van der Waals surface area contributed by atoms with Crippen LogP contribution in [0.25, 0.3) is 17.1 Å². The quantitative estimate of drug-likeness (QED) is 0.522. The molecule has 4 aromatic rings. The van der Waals surface area contributed by atoms with Crippen molar-refractivity contribution in [2.24, 2.45) is 0 Å². The molecule has 0 aliphatic rings. The largest absolute Gasteiger partial charge is 0.345 e. The minimum atomic E-state index is -0.156. The van der Waals surface area contributed by atoms with Crippen LogP contribution in [0.1, 0.15) is 67.1 Å². The minimum Gasteiger partial charge on any atom is -0.345 e. The minimum absolute atomic E-state index is 0.156. The summed E-state index contributed by atoms with van der Waals surface area (Å²) in [5.41, 5.74) is 3.11. The lowest BCUT2D eigenvalue weighted by atomic mass is 10.0. The normalized spacial score (nSPS) is 11.5. The van der Waals surface area contributed by atoms with Gasteiger partial charge in [0.05, 0.1) is 12.1 Å². The maximum atomic E-state index is 12.5. The van der Waals surface area contributed by atoms with Gasteiger partial charge in [0.1, 0.15) is 0 Å². The van der Waals surface area contributed by atoms with Crippen molar-refractivity contribution in [3.05, 3.63) is 65.4 Å². The van der Waals surface area contributed by atoms with Crippen LogP contribution in [-0.4, -0.2) is 30.6 Å². The van der Waals surface area contributed by atoms with Crippen molar-refractivity contribution in [3.63, 3.8) is 0 Å². The van der Waals surface area contributed by atoms with Gasteiger partial charge in [0.25, 0.3) is 11.8 Å². The van der Waals surface area contributed by atoms with E-state index in [0.717, 1.165) is 0 Å². The average Bonchev–Trinajstić information content (AvgIpc) is 3.39. The first-order valence-electron chi connectivity index (χ1n) is 9.98. The molecule has 0 aliphatic heterocycles. The molecule has 8 nitrogen and oxygen atoms in total. The van der Waals surface area contributed by atoms with E-state index in [9.17, 15) is 4.79 Å². The van der Waals surface area contributed by atoms with Crippen molar-refractivity contribution in [2.45, 2.75) is 46.1 Å². The van der Waals surface area contributed by atoms with Crippen LogP contribution >= 0.6 is 0 Å². The average molecular weight is 404 g/mol. The number of carbonyl (C=O) groups excluding carboxylic acids is 1. The summed E-state index contributed by atoms with van der Waals surface area (Å²) in [7, 11) is 0. The number of amides is 1. The number of nitrogens with zero attached hydrogens (tertiary/aromatic N) is 5. The summed E-state index contributed by atoms with van der Waals surface area (Å²) in [6, 6.07) is 11.4. The molecule has 1 aromatic carbocycles. The fraction of sp³-hybridized carbons (Fsp3) is 0.318. The second-order valence-corrected chi connectivity index (χ2v) is 7.80. The molecule has 0 atom stereocenters. The van der Waals surface area contributed by atoms with Crippen molar-refractivity contribution in [2.75, 3.05) is 0 Å². The maximum absolute atomic E-state index is 12.5. The lowest BCUT2D eigenvalue weighted by Gasteiger charge is -2.07. The van der Waals surface area contributed by atoms with Gasteiger partial charge in [0, 0.05) is 17.7 Å². The van der Waals surface area contributed by atoms with Crippen molar-refractivity contribution in [3.8, 4) is 11.5 Å². The van der Waals surface area contributed by atoms with Gasteiger partial charge in [-0.05, 0) is 35.7 Å². The second-order valence-electron chi connectivity index (χ2n) is 7.80. The Morgan fingerprint density at radius 1 is 1.07 bits per heavy atom. The number of hydrogen-bond acceptors (Lipinski definition) is 6. The number of aromatic nitrogens is 5. The van der Waals surface area contributed by atoms with Crippen LogP contribution in [0.3, 0.4) is 0 Å². The van der Waals surface area contributed by atoms with Gasteiger partial charge in [-0.1, -0.05) is 45.0 Å². The third kappa shape index (κ3) is 3.80. The Kier molecular flexibility index (Phi) is 5.31. The van der Waals surface area contributed by atoms with E-state index in [2.05, 4.69) is 39.5 Å². The SMILES string of the molecule is CC(C)c1ccc(C(=O)NCc2nnc3c(-c4nc(C(C)C)no4)cccn23)cc1. The Bertz CT molecular complexity index is 1170. The monoisotopic (exact) mass is 404 g/mol. The Hall–Kier alpha value is -3.55. The Labute approximate surface area is 174 Å². The third-order valence-electron chi connectivity index (χ3n) is 4.94. The molecule has 0 aliphatic carbocycles. The molecular formula is C22H24N6O2. The zero-order valence-electron chi connectivity index (χ0n) is 17.5. The summed E-state index contributed by atoms with van der Waals surface area (Å²) in [4.78, 5) is 17.0. The summed E-state index contributed by atoms with van der Waals surface area (Å²) >= 11 is 0. The van der Waals surface area contributed by atoms with E-state index < -0.39 is 0 Å². The highest BCUT2D eigenvalue weighted by Gasteiger charge is 2.17. The number of fused-ring (bicyclic) bond motifs is 1. The molecule has 30 heavy (non-hydrogen) atoms. The fourth-order valence-electron chi connectivity index (χ4n) is 3.11. The molecule has 154 valence electrons. The van der Waals surface area contributed by atoms with E-state index in [-0.39, 0.29) is 18.4 Å². The molecule has 4 rings (SSSR count). The van der Waals surface area contributed by atoms with Crippen molar-refractivity contribution < 1.29 is 9.32 Å². The first kappa shape index (κ1) is 19.8. The number of rotatable bonds is 6. The van der Waals surface area contributed by atoms with Gasteiger partial charge in [0.15, 0.2) is 17.3 Å². The van der Waals surface area contributed by atoms with Crippen LogP contribution in [0.4, 0.5) is 0 Å². The summed E-state index contributed by atoms with van der Waals surface area (Å²) in [6.45, 7) is 8.50. The van der Waals surface area contributed by atoms with Crippen LogP contribution in [0.5, 0.6) is 0 Å². The predicted octanol–water partition coefficient (Wildman–Crippen LogP) is 3.96. The van der Waals surface area contributed by atoms with Gasteiger partial charge in [-0.25, -0.2) is 0 Å². The maximum Gasteiger partial charge on any atom is 0.261 e. The lowest BCUT2D eigenvalue weighted by molar-refractivity contribution is 0.0949. The molecule has 8 heteroatoms. The molecule has 3 aromatic heterocycles. The second kappa shape index (κ2) is 8.06. The van der Waals surface area contributed by atoms with Gasteiger partial charge in [0.2, 0.25) is 0 Å². The van der Waals surface area contributed by atoms with E-state index in [0.29, 0.717) is 40.2 Å². The number of pyridine rings is 1. The Morgan fingerprint density at radius 2 is 1.83 bits per heavy atom. The highest BCUT2D eigenvalue weighted by Crippen LogP contribution is 2.24. The summed E-state index contributed by atoms with van der Waals surface area (Å²) in [5, 5.41) is 15.4. The molecule has 0 saturated heterocycles. The standard InChI is InChI=1S/C22H24N6O2/c1-13(2)15-7-9-16(10-8-15)21(29)23-12-18-25-26-20-17(6-5-11-28(18)20)22-24-19(14(3)4)27-30-22/h5-11,13-14H,12H2,1-4H3,(H,23,29). The Balaban J connectivity index is 1.53. The number of nitrogens with one attached hydrogen (secondary N) is 1. The van der Waals surface area contributed by atoms with Crippen molar-refractivity contribution in [1.29, 1.82) is 0 Å². The predicted molar refractivity (Wildman–Crippen MR) is 112 cm³/mol. The zero-order chi connectivity index (χ0) is 21.3. The fourth-order valence-corrected chi connectivity index (χ4v) is 3.11. The third-order valence-corrected chi connectivity index (χ3v) is 4.94. The van der Waals surface area contributed by atoms with Crippen LogP contribution in [-0.2, 0) is 6.54 Å². The van der Waals surface area contributed by atoms with Gasteiger partial charge in [-0.3, -0.25) is 9.20 Å². The number of benzene rings is 1. The molecule has 0 spiro atoms. The van der Waals surface area contributed by atoms with Crippen LogP contribution in [0.2, 0.25) is 0 Å². The molecule has 0 saturated carbocycles. The topological polar surface area (TPSA) is 98.2 Å². The number of carbonyl (C=O) groups is 1. The van der Waals surface area contributed by atoms with Crippen LogP contribution in [0, 0.1) is 0 Å². The van der Waals surface area contributed by atoms with E-state index in [1.54, 1.807) is 0 Å². The first-order valence-corrected chi connectivity index (χ1v) is 9.98. The van der Waals surface area contributed by atoms with E-state index >= 15 is 0 Å². The molecule has 3 heterocycles.